The first-order valence-electron chi connectivity index (χ1n) is 8.85. The van der Waals surface area contributed by atoms with Gasteiger partial charge in [-0.1, -0.05) is 39.5 Å². The van der Waals surface area contributed by atoms with Crippen LogP contribution >= 0.6 is 24.0 Å². The third-order valence-corrected chi connectivity index (χ3v) is 3.68. The van der Waals surface area contributed by atoms with E-state index in [1.807, 2.05) is 6.07 Å². The molecule has 0 aliphatic carbocycles. The van der Waals surface area contributed by atoms with E-state index in [0.29, 0.717) is 12.5 Å². The van der Waals surface area contributed by atoms with Gasteiger partial charge in [-0.2, -0.15) is 0 Å². The van der Waals surface area contributed by atoms with Crippen molar-refractivity contribution in [2.45, 2.75) is 52.5 Å². The van der Waals surface area contributed by atoms with Crippen LogP contribution in [0.25, 0.3) is 0 Å². The number of hydrogen-bond donors (Lipinski definition) is 3. The first-order chi connectivity index (χ1) is 11.6. The number of furan rings is 1. The molecule has 0 saturated carbocycles. The highest BCUT2D eigenvalue weighted by Gasteiger charge is 2.04. The number of hydrogen-bond acceptors (Lipinski definition) is 3. The number of halogens is 1. The molecule has 3 N–H and O–H groups in total. The number of aliphatic imine (C=N–C) groups is 1. The predicted octanol–water partition coefficient (Wildman–Crippen LogP) is 3.29. The molecule has 0 saturated heterocycles. The number of rotatable bonds is 11. The molecule has 0 atom stereocenters. The summed E-state index contributed by atoms with van der Waals surface area (Å²) in [7, 11) is 1.71. The largest absolute Gasteiger partial charge is 0.467 e. The fourth-order valence-corrected chi connectivity index (χ4v) is 2.28. The van der Waals surface area contributed by atoms with E-state index < -0.39 is 0 Å². The summed E-state index contributed by atoms with van der Waals surface area (Å²) in [5.74, 6) is 2.10. The van der Waals surface area contributed by atoms with Crippen LogP contribution in [0.5, 0.6) is 0 Å². The molecule has 0 fully saturated rings. The Balaban J connectivity index is 0.00000576. The molecule has 0 aromatic carbocycles. The lowest BCUT2D eigenvalue weighted by Gasteiger charge is -2.12. The molecular weight excluding hydrogens is 431 g/mol. The van der Waals surface area contributed by atoms with Crippen LogP contribution in [-0.4, -0.2) is 32.0 Å². The summed E-state index contributed by atoms with van der Waals surface area (Å²) in [6.07, 6.45) is 7.82. The van der Waals surface area contributed by atoms with Crippen molar-refractivity contribution < 1.29 is 9.21 Å². The molecular formula is C18H33IN4O2. The van der Waals surface area contributed by atoms with Crippen LogP contribution < -0.4 is 16.0 Å². The number of carbonyl (C=O) groups is 1. The summed E-state index contributed by atoms with van der Waals surface area (Å²) < 4.78 is 5.17. The second kappa shape index (κ2) is 15.0. The van der Waals surface area contributed by atoms with E-state index in [9.17, 15) is 4.79 Å². The Hall–Kier alpha value is -1.25. The average molecular weight is 464 g/mol. The van der Waals surface area contributed by atoms with Crippen LogP contribution in [0.4, 0.5) is 0 Å². The maximum Gasteiger partial charge on any atom is 0.239 e. The van der Waals surface area contributed by atoms with E-state index in [2.05, 4.69) is 34.8 Å². The molecule has 1 amide bonds. The Kier molecular flexibility index (Phi) is 14.3. The van der Waals surface area contributed by atoms with Crippen LogP contribution in [-0.2, 0) is 11.3 Å². The Morgan fingerprint density at radius 2 is 1.92 bits per heavy atom. The molecule has 6 nitrogen and oxygen atoms in total. The Morgan fingerprint density at radius 1 is 1.16 bits per heavy atom. The van der Waals surface area contributed by atoms with Crippen molar-refractivity contribution in [3.05, 3.63) is 24.2 Å². The van der Waals surface area contributed by atoms with E-state index >= 15 is 0 Å². The van der Waals surface area contributed by atoms with Crippen molar-refractivity contribution in [1.82, 2.24) is 16.0 Å². The Labute approximate surface area is 168 Å². The second-order valence-corrected chi connectivity index (χ2v) is 6.31. The second-order valence-electron chi connectivity index (χ2n) is 6.31. The molecule has 0 aliphatic rings. The van der Waals surface area contributed by atoms with Gasteiger partial charge in [0, 0.05) is 13.6 Å². The molecule has 0 radical (unpaired) electrons. The Bertz CT molecular complexity index is 475. The van der Waals surface area contributed by atoms with Crippen molar-refractivity contribution in [3.8, 4) is 0 Å². The molecule has 1 rings (SSSR count). The fourth-order valence-electron chi connectivity index (χ4n) is 2.28. The van der Waals surface area contributed by atoms with Crippen molar-refractivity contribution in [2.75, 3.05) is 20.1 Å². The zero-order valence-corrected chi connectivity index (χ0v) is 18.0. The van der Waals surface area contributed by atoms with Crippen LogP contribution in [0.15, 0.2) is 27.8 Å². The molecule has 1 heterocycles. The van der Waals surface area contributed by atoms with Gasteiger partial charge in [0.15, 0.2) is 5.96 Å². The van der Waals surface area contributed by atoms with Gasteiger partial charge in [-0.25, -0.2) is 0 Å². The number of carbonyl (C=O) groups excluding carboxylic acids is 1. The molecule has 25 heavy (non-hydrogen) atoms. The van der Waals surface area contributed by atoms with Gasteiger partial charge in [0.2, 0.25) is 5.91 Å². The fraction of sp³-hybridized carbons (Fsp3) is 0.667. The quantitative estimate of drug-likeness (QED) is 0.203. The summed E-state index contributed by atoms with van der Waals surface area (Å²) in [4.78, 5) is 15.9. The molecule has 144 valence electrons. The monoisotopic (exact) mass is 464 g/mol. The molecule has 1 aromatic rings. The molecule has 0 unspecified atom stereocenters. The third-order valence-electron chi connectivity index (χ3n) is 3.68. The minimum atomic E-state index is -0.0944. The summed E-state index contributed by atoms with van der Waals surface area (Å²) >= 11 is 0. The van der Waals surface area contributed by atoms with E-state index in [1.165, 1.54) is 25.7 Å². The molecule has 0 aliphatic heterocycles. The van der Waals surface area contributed by atoms with Crippen LogP contribution in [0.1, 0.15) is 51.7 Å². The predicted molar refractivity (Wildman–Crippen MR) is 113 cm³/mol. The zero-order valence-electron chi connectivity index (χ0n) is 15.6. The highest BCUT2D eigenvalue weighted by atomic mass is 127. The van der Waals surface area contributed by atoms with Gasteiger partial charge in [-0.05, 0) is 24.5 Å². The molecule has 7 heteroatoms. The highest BCUT2D eigenvalue weighted by Crippen LogP contribution is 2.08. The lowest BCUT2D eigenvalue weighted by atomic mass is 10.0. The number of unbranched alkanes of at least 4 members (excludes halogenated alkanes) is 3. The third kappa shape index (κ3) is 12.7. The van der Waals surface area contributed by atoms with Crippen LogP contribution in [0.3, 0.4) is 0 Å². The maximum absolute atomic E-state index is 11.8. The van der Waals surface area contributed by atoms with Gasteiger partial charge in [-0.3, -0.25) is 9.79 Å². The molecule has 1 aromatic heterocycles. The molecule has 0 spiro atoms. The first kappa shape index (κ1) is 23.8. The standard InChI is InChI=1S/C18H32N4O2.HI/c1-15(2)9-6-4-5-7-11-20-18(19-3)22-14-17(23)21-13-16-10-8-12-24-16;/h8,10,12,15H,4-7,9,11,13-14H2,1-3H3,(H,21,23)(H2,19,20,22);1H. The summed E-state index contributed by atoms with van der Waals surface area (Å²) in [5.41, 5.74) is 0. The van der Waals surface area contributed by atoms with Gasteiger partial charge >= 0.3 is 0 Å². The Morgan fingerprint density at radius 3 is 2.56 bits per heavy atom. The van der Waals surface area contributed by atoms with Crippen LogP contribution in [0.2, 0.25) is 0 Å². The minimum Gasteiger partial charge on any atom is -0.467 e. The van der Waals surface area contributed by atoms with Gasteiger partial charge in [0.25, 0.3) is 0 Å². The number of nitrogens with one attached hydrogen (secondary N) is 3. The maximum atomic E-state index is 11.8. The van der Waals surface area contributed by atoms with Crippen molar-refractivity contribution in [2.24, 2.45) is 10.9 Å². The minimum absolute atomic E-state index is 0. The SMILES string of the molecule is CN=C(NCCCCCCC(C)C)NCC(=O)NCc1ccco1.I. The van der Waals surface area contributed by atoms with E-state index in [4.69, 9.17) is 4.42 Å². The summed E-state index contributed by atoms with van der Waals surface area (Å²) in [6, 6.07) is 3.63. The van der Waals surface area contributed by atoms with Gasteiger partial charge in [0.1, 0.15) is 5.76 Å². The average Bonchev–Trinajstić information content (AvgIpc) is 3.08. The summed E-state index contributed by atoms with van der Waals surface area (Å²) in [6.45, 7) is 5.99. The van der Waals surface area contributed by atoms with Gasteiger partial charge < -0.3 is 20.4 Å². The first-order valence-corrected chi connectivity index (χ1v) is 8.85. The van der Waals surface area contributed by atoms with E-state index in [1.54, 1.807) is 19.4 Å². The number of amides is 1. The van der Waals surface area contributed by atoms with Crippen molar-refractivity contribution in [1.29, 1.82) is 0 Å². The van der Waals surface area contributed by atoms with Gasteiger partial charge in [0.05, 0.1) is 19.4 Å². The van der Waals surface area contributed by atoms with E-state index in [-0.39, 0.29) is 36.4 Å². The number of guanidine groups is 1. The van der Waals surface area contributed by atoms with Crippen LogP contribution in [0, 0.1) is 5.92 Å². The smallest absolute Gasteiger partial charge is 0.239 e. The normalized spacial score (nSPS) is 11.1. The molecule has 0 bridgehead atoms. The highest BCUT2D eigenvalue weighted by molar-refractivity contribution is 14.0. The topological polar surface area (TPSA) is 78.7 Å². The lowest BCUT2D eigenvalue weighted by molar-refractivity contribution is -0.120. The van der Waals surface area contributed by atoms with Crippen molar-refractivity contribution in [3.63, 3.8) is 0 Å². The van der Waals surface area contributed by atoms with E-state index in [0.717, 1.165) is 24.6 Å². The zero-order chi connectivity index (χ0) is 17.6. The summed E-state index contributed by atoms with van der Waals surface area (Å²) in [5, 5.41) is 9.03. The van der Waals surface area contributed by atoms with Gasteiger partial charge in [-0.15, -0.1) is 24.0 Å². The lowest BCUT2D eigenvalue weighted by Crippen LogP contribution is -2.43. The number of nitrogens with zero attached hydrogens (tertiary/aromatic N) is 1. The van der Waals surface area contributed by atoms with Crippen molar-refractivity contribution >= 4 is 35.8 Å².